The van der Waals surface area contributed by atoms with E-state index in [1.165, 1.54) is 25.9 Å². The minimum Gasteiger partial charge on any atom is -0.495 e. The summed E-state index contributed by atoms with van der Waals surface area (Å²) >= 11 is 0. The number of hydrogen-bond acceptors (Lipinski definition) is 8. The molecule has 1 aromatic heterocycles. The summed E-state index contributed by atoms with van der Waals surface area (Å²) in [6.07, 6.45) is 5.73. The second-order valence-corrected chi connectivity index (χ2v) is 11.4. The van der Waals surface area contributed by atoms with Gasteiger partial charge in [-0.25, -0.2) is 4.98 Å². The highest BCUT2D eigenvalue weighted by Crippen LogP contribution is 2.32. The standard InChI is InChI=1S/C30H45N7O/c1-23(2)36-15-10-25(11-16-36)31-29-26-22-28(38-4)24(9-5-6-12-35-13-7-8-14-35)21-27(26)32-30(33-29)37-19-17-34(3)18-20-37/h21-23,25H,6-8,10-20H2,1-4H3,(H,31,32,33). The Balaban J connectivity index is 1.43. The zero-order valence-electron chi connectivity index (χ0n) is 23.8. The number of rotatable bonds is 7. The Labute approximate surface area is 228 Å². The van der Waals surface area contributed by atoms with Crippen molar-refractivity contribution in [2.75, 3.05) is 83.3 Å². The number of methoxy groups -OCH3 is 1. The van der Waals surface area contributed by atoms with Crippen LogP contribution in [0.2, 0.25) is 0 Å². The van der Waals surface area contributed by atoms with Gasteiger partial charge in [0, 0.05) is 69.7 Å². The monoisotopic (exact) mass is 519 g/mol. The van der Waals surface area contributed by atoms with Gasteiger partial charge in [0.1, 0.15) is 11.6 Å². The van der Waals surface area contributed by atoms with Crippen LogP contribution in [0.1, 0.15) is 51.5 Å². The van der Waals surface area contributed by atoms with Gasteiger partial charge < -0.3 is 29.7 Å². The predicted octanol–water partition coefficient (Wildman–Crippen LogP) is 3.51. The van der Waals surface area contributed by atoms with E-state index in [0.717, 1.165) is 99.1 Å². The summed E-state index contributed by atoms with van der Waals surface area (Å²) in [7, 11) is 3.90. The number of piperidine rings is 1. The van der Waals surface area contributed by atoms with Gasteiger partial charge in [-0.15, -0.1) is 0 Å². The van der Waals surface area contributed by atoms with Gasteiger partial charge in [0.15, 0.2) is 0 Å². The Hall–Kier alpha value is -2.60. The molecule has 8 nitrogen and oxygen atoms in total. The molecule has 1 aromatic carbocycles. The molecule has 3 saturated heterocycles. The van der Waals surface area contributed by atoms with Crippen molar-refractivity contribution >= 4 is 22.7 Å². The van der Waals surface area contributed by atoms with Crippen molar-refractivity contribution < 1.29 is 4.74 Å². The number of anilines is 2. The smallest absolute Gasteiger partial charge is 0.227 e. The molecule has 206 valence electrons. The average Bonchev–Trinajstić information content (AvgIpc) is 3.45. The number of nitrogens with zero attached hydrogens (tertiary/aromatic N) is 6. The third-order valence-electron chi connectivity index (χ3n) is 8.37. The maximum absolute atomic E-state index is 5.81. The van der Waals surface area contributed by atoms with Crippen molar-refractivity contribution in [1.29, 1.82) is 0 Å². The first-order valence-corrected chi connectivity index (χ1v) is 14.5. The first-order chi connectivity index (χ1) is 18.5. The van der Waals surface area contributed by atoms with Crippen molar-refractivity contribution in [3.05, 3.63) is 17.7 Å². The highest BCUT2D eigenvalue weighted by atomic mass is 16.5. The Bertz CT molecular complexity index is 1130. The minimum atomic E-state index is 0.402. The van der Waals surface area contributed by atoms with E-state index in [1.54, 1.807) is 7.11 Å². The van der Waals surface area contributed by atoms with E-state index in [2.05, 4.69) is 69.8 Å². The van der Waals surface area contributed by atoms with Crippen molar-refractivity contribution in [2.24, 2.45) is 0 Å². The average molecular weight is 520 g/mol. The highest BCUT2D eigenvalue weighted by molar-refractivity contribution is 5.93. The van der Waals surface area contributed by atoms with Crippen LogP contribution >= 0.6 is 0 Å². The van der Waals surface area contributed by atoms with Crippen molar-refractivity contribution in [2.45, 2.75) is 58.0 Å². The molecule has 0 radical (unpaired) electrons. The number of aromatic nitrogens is 2. The molecular weight excluding hydrogens is 474 g/mol. The predicted molar refractivity (Wildman–Crippen MR) is 156 cm³/mol. The number of nitrogens with one attached hydrogen (secondary N) is 1. The van der Waals surface area contributed by atoms with E-state index in [0.29, 0.717) is 12.1 Å². The maximum Gasteiger partial charge on any atom is 0.227 e. The molecule has 1 N–H and O–H groups in total. The number of hydrogen-bond donors (Lipinski definition) is 1. The van der Waals surface area contributed by atoms with E-state index < -0.39 is 0 Å². The lowest BCUT2D eigenvalue weighted by Gasteiger charge is -2.35. The van der Waals surface area contributed by atoms with Crippen LogP contribution in [0.3, 0.4) is 0 Å². The molecule has 4 heterocycles. The lowest BCUT2D eigenvalue weighted by molar-refractivity contribution is 0.177. The molecule has 0 bridgehead atoms. The number of likely N-dealkylation sites (tertiary alicyclic amines) is 2. The van der Waals surface area contributed by atoms with Gasteiger partial charge in [-0.1, -0.05) is 11.8 Å². The van der Waals surface area contributed by atoms with Gasteiger partial charge in [0.25, 0.3) is 0 Å². The third-order valence-corrected chi connectivity index (χ3v) is 8.37. The van der Waals surface area contributed by atoms with Gasteiger partial charge in [-0.2, -0.15) is 4.98 Å². The first-order valence-electron chi connectivity index (χ1n) is 14.5. The number of likely N-dealkylation sites (N-methyl/N-ethyl adjacent to an activating group) is 1. The number of benzene rings is 1. The zero-order chi connectivity index (χ0) is 26.5. The summed E-state index contributed by atoms with van der Waals surface area (Å²) in [5, 5.41) is 4.82. The molecular formula is C30H45N7O. The second-order valence-electron chi connectivity index (χ2n) is 11.4. The normalized spacial score (nSPS) is 20.2. The highest BCUT2D eigenvalue weighted by Gasteiger charge is 2.24. The molecule has 0 aliphatic carbocycles. The molecule has 0 saturated carbocycles. The molecule has 38 heavy (non-hydrogen) atoms. The summed E-state index contributed by atoms with van der Waals surface area (Å²) < 4.78 is 5.81. The molecule has 0 amide bonds. The van der Waals surface area contributed by atoms with Crippen LogP contribution in [0, 0.1) is 11.8 Å². The minimum absolute atomic E-state index is 0.402. The molecule has 3 fully saturated rings. The molecule has 8 heteroatoms. The Kier molecular flexibility index (Phi) is 8.88. The summed E-state index contributed by atoms with van der Waals surface area (Å²) in [6.45, 7) is 14.2. The van der Waals surface area contributed by atoms with Gasteiger partial charge in [-0.3, -0.25) is 0 Å². The van der Waals surface area contributed by atoms with Gasteiger partial charge in [0.2, 0.25) is 5.95 Å². The third kappa shape index (κ3) is 6.51. The van der Waals surface area contributed by atoms with Gasteiger partial charge in [-0.05, 0) is 71.8 Å². The summed E-state index contributed by atoms with van der Waals surface area (Å²) in [6, 6.07) is 5.18. The molecule has 2 aromatic rings. The molecule has 3 aliphatic heterocycles. The van der Waals surface area contributed by atoms with E-state index in [4.69, 9.17) is 14.7 Å². The zero-order valence-corrected chi connectivity index (χ0v) is 23.8. The maximum atomic E-state index is 5.81. The fourth-order valence-electron chi connectivity index (χ4n) is 5.80. The van der Waals surface area contributed by atoms with Crippen LogP contribution in [0.4, 0.5) is 11.8 Å². The second kappa shape index (κ2) is 12.5. The Morgan fingerprint density at radius 3 is 2.42 bits per heavy atom. The number of ether oxygens (including phenoxy) is 1. The summed E-state index contributed by atoms with van der Waals surface area (Å²) in [4.78, 5) is 19.9. The Morgan fingerprint density at radius 1 is 1.00 bits per heavy atom. The van der Waals surface area contributed by atoms with Crippen LogP contribution in [0.25, 0.3) is 10.9 Å². The topological polar surface area (TPSA) is 60.0 Å². The van der Waals surface area contributed by atoms with Crippen LogP contribution in [-0.4, -0.2) is 110 Å². The van der Waals surface area contributed by atoms with Crippen molar-refractivity contribution in [3.63, 3.8) is 0 Å². The lowest BCUT2D eigenvalue weighted by atomic mass is 10.0. The van der Waals surface area contributed by atoms with Crippen molar-refractivity contribution in [1.82, 2.24) is 24.7 Å². The first kappa shape index (κ1) is 27.0. The van der Waals surface area contributed by atoms with Crippen LogP contribution in [0.15, 0.2) is 12.1 Å². The van der Waals surface area contributed by atoms with E-state index >= 15 is 0 Å². The SMILES string of the molecule is COc1cc2c(NC3CCN(C(C)C)CC3)nc(N3CCN(C)CC3)nc2cc1C#CCCN1CCCC1. The van der Waals surface area contributed by atoms with Crippen molar-refractivity contribution in [3.8, 4) is 17.6 Å². The van der Waals surface area contributed by atoms with E-state index in [-0.39, 0.29) is 0 Å². The molecule has 3 aliphatic rings. The van der Waals surface area contributed by atoms with Gasteiger partial charge in [0.05, 0.1) is 18.2 Å². The molecule has 0 atom stereocenters. The van der Waals surface area contributed by atoms with E-state index in [9.17, 15) is 0 Å². The van der Waals surface area contributed by atoms with Crippen LogP contribution < -0.4 is 15.0 Å². The summed E-state index contributed by atoms with van der Waals surface area (Å²) in [5.74, 6) is 9.30. The summed E-state index contributed by atoms with van der Waals surface area (Å²) in [5.41, 5.74) is 1.83. The molecule has 0 unspecified atom stereocenters. The van der Waals surface area contributed by atoms with E-state index in [1.807, 2.05) is 0 Å². The number of piperazine rings is 1. The largest absolute Gasteiger partial charge is 0.495 e. The fourth-order valence-corrected chi connectivity index (χ4v) is 5.80. The molecule has 5 rings (SSSR count). The number of fused-ring (bicyclic) bond motifs is 1. The van der Waals surface area contributed by atoms with Crippen LogP contribution in [0.5, 0.6) is 5.75 Å². The lowest BCUT2D eigenvalue weighted by Crippen LogP contribution is -2.45. The molecule has 0 spiro atoms. The van der Waals surface area contributed by atoms with Gasteiger partial charge >= 0.3 is 0 Å². The quantitative estimate of drug-likeness (QED) is 0.558. The van der Waals surface area contributed by atoms with Crippen LogP contribution in [-0.2, 0) is 0 Å². The Morgan fingerprint density at radius 2 is 1.74 bits per heavy atom. The fraction of sp³-hybridized carbons (Fsp3) is 0.667.